The number of carboxylic acid groups (broad SMARTS) is 1. The third-order valence-electron chi connectivity index (χ3n) is 2.79. The van der Waals surface area contributed by atoms with Gasteiger partial charge >= 0.3 is 5.97 Å². The van der Waals surface area contributed by atoms with Crippen LogP contribution in [0.1, 0.15) is 41.4 Å². The molecule has 0 aliphatic rings. The van der Waals surface area contributed by atoms with Gasteiger partial charge in [0.05, 0.1) is 11.4 Å². The Bertz CT molecular complexity index is 585. The first-order valence-corrected chi connectivity index (χ1v) is 5.89. The molecule has 0 atom stereocenters. The van der Waals surface area contributed by atoms with Gasteiger partial charge in [-0.3, -0.25) is 0 Å². The highest BCUT2D eigenvalue weighted by molar-refractivity contribution is 5.89. The molecule has 94 valence electrons. The Morgan fingerprint density at radius 2 is 2.11 bits per heavy atom. The van der Waals surface area contributed by atoms with Crippen LogP contribution in [0.15, 0.2) is 30.5 Å². The molecular weight excluding hydrogens is 228 g/mol. The van der Waals surface area contributed by atoms with Gasteiger partial charge in [-0.1, -0.05) is 26.0 Å². The van der Waals surface area contributed by atoms with Crippen LogP contribution in [0, 0.1) is 6.92 Å². The van der Waals surface area contributed by atoms with Crippen LogP contribution in [-0.2, 0) is 0 Å². The fourth-order valence-electron chi connectivity index (χ4n) is 1.88. The summed E-state index contributed by atoms with van der Waals surface area (Å²) in [6.45, 7) is 5.87. The lowest BCUT2D eigenvalue weighted by Crippen LogP contribution is -2.01. The first-order valence-electron chi connectivity index (χ1n) is 5.89. The van der Waals surface area contributed by atoms with Crippen molar-refractivity contribution in [2.24, 2.45) is 0 Å². The topological polar surface area (TPSA) is 55.1 Å². The summed E-state index contributed by atoms with van der Waals surface area (Å²) in [5, 5.41) is 13.6. The Morgan fingerprint density at radius 3 is 2.61 bits per heavy atom. The van der Waals surface area contributed by atoms with E-state index in [1.165, 1.54) is 0 Å². The average molecular weight is 244 g/mol. The maximum absolute atomic E-state index is 11.2. The quantitative estimate of drug-likeness (QED) is 0.903. The first-order chi connectivity index (χ1) is 8.49. The van der Waals surface area contributed by atoms with Crippen molar-refractivity contribution >= 4 is 5.97 Å². The van der Waals surface area contributed by atoms with E-state index in [2.05, 4.69) is 5.10 Å². The van der Waals surface area contributed by atoms with Crippen molar-refractivity contribution in [2.45, 2.75) is 26.7 Å². The van der Waals surface area contributed by atoms with Gasteiger partial charge in [0.2, 0.25) is 0 Å². The monoisotopic (exact) mass is 244 g/mol. The Kier molecular flexibility index (Phi) is 3.19. The third-order valence-corrected chi connectivity index (χ3v) is 2.79. The highest BCUT2D eigenvalue weighted by Crippen LogP contribution is 2.20. The fourth-order valence-corrected chi connectivity index (χ4v) is 1.88. The Labute approximate surface area is 106 Å². The number of rotatable bonds is 3. The Morgan fingerprint density at radius 1 is 1.39 bits per heavy atom. The first kappa shape index (κ1) is 12.4. The van der Waals surface area contributed by atoms with E-state index in [9.17, 15) is 9.90 Å². The lowest BCUT2D eigenvalue weighted by atomic mass is 10.1. The smallest absolute Gasteiger partial charge is 0.339 e. The minimum absolute atomic E-state index is 0.0853. The molecule has 0 amide bonds. The molecule has 0 radical (unpaired) electrons. The second-order valence-electron chi connectivity index (χ2n) is 4.67. The van der Waals surface area contributed by atoms with Crippen LogP contribution in [0.2, 0.25) is 0 Å². The molecule has 0 unspecified atom stereocenters. The Balaban J connectivity index is 2.53. The molecular formula is C14H16N2O2. The SMILES string of the molecule is Cc1cccc(-n2cc(C(=O)O)c(C(C)C)n2)c1. The fraction of sp³-hybridized carbons (Fsp3) is 0.286. The normalized spacial score (nSPS) is 10.9. The number of aromatic nitrogens is 2. The molecule has 1 aromatic carbocycles. The van der Waals surface area contributed by atoms with E-state index in [1.807, 2.05) is 45.0 Å². The molecule has 1 N–H and O–H groups in total. The van der Waals surface area contributed by atoms with Crippen LogP contribution in [0.4, 0.5) is 0 Å². The summed E-state index contributed by atoms with van der Waals surface area (Å²) in [7, 11) is 0. The van der Waals surface area contributed by atoms with Gasteiger partial charge in [0, 0.05) is 6.20 Å². The van der Waals surface area contributed by atoms with Crippen LogP contribution in [0.3, 0.4) is 0 Å². The van der Waals surface area contributed by atoms with Crippen molar-refractivity contribution in [2.75, 3.05) is 0 Å². The molecule has 2 rings (SSSR count). The molecule has 0 bridgehead atoms. The maximum Gasteiger partial charge on any atom is 0.339 e. The summed E-state index contributed by atoms with van der Waals surface area (Å²) >= 11 is 0. The van der Waals surface area contributed by atoms with E-state index in [-0.39, 0.29) is 11.5 Å². The number of hydrogen-bond donors (Lipinski definition) is 1. The van der Waals surface area contributed by atoms with Crippen molar-refractivity contribution in [3.63, 3.8) is 0 Å². The predicted octanol–water partition coefficient (Wildman–Crippen LogP) is 3.00. The van der Waals surface area contributed by atoms with Gasteiger partial charge in [0.1, 0.15) is 5.56 Å². The van der Waals surface area contributed by atoms with Crippen LogP contribution in [0.5, 0.6) is 0 Å². The minimum Gasteiger partial charge on any atom is -0.478 e. The highest BCUT2D eigenvalue weighted by atomic mass is 16.4. The number of aromatic carboxylic acids is 1. The molecule has 0 fully saturated rings. The summed E-state index contributed by atoms with van der Waals surface area (Å²) in [5.41, 5.74) is 2.88. The Hall–Kier alpha value is -2.10. The van der Waals surface area contributed by atoms with Gasteiger partial charge in [0.15, 0.2) is 0 Å². The van der Waals surface area contributed by atoms with Gasteiger partial charge in [-0.05, 0) is 30.5 Å². The van der Waals surface area contributed by atoms with Crippen LogP contribution >= 0.6 is 0 Å². The van der Waals surface area contributed by atoms with E-state index in [0.717, 1.165) is 11.3 Å². The lowest BCUT2D eigenvalue weighted by molar-refractivity contribution is 0.0695. The molecule has 2 aromatic rings. The zero-order chi connectivity index (χ0) is 13.3. The van der Waals surface area contributed by atoms with Crippen LogP contribution in [0.25, 0.3) is 5.69 Å². The number of hydrogen-bond acceptors (Lipinski definition) is 2. The van der Waals surface area contributed by atoms with Gasteiger partial charge in [0.25, 0.3) is 0 Å². The van der Waals surface area contributed by atoms with Gasteiger partial charge in [-0.15, -0.1) is 0 Å². The van der Waals surface area contributed by atoms with Gasteiger partial charge < -0.3 is 5.11 Å². The molecule has 0 saturated carbocycles. The number of aryl methyl sites for hydroxylation is 1. The third kappa shape index (κ3) is 2.27. The zero-order valence-corrected chi connectivity index (χ0v) is 10.7. The standard InChI is InChI=1S/C14H16N2O2/c1-9(2)13-12(14(17)18)8-16(15-13)11-6-4-5-10(3)7-11/h4-9H,1-3H3,(H,17,18). The van der Waals surface area contributed by atoms with Crippen LogP contribution < -0.4 is 0 Å². The molecule has 0 saturated heterocycles. The summed E-state index contributed by atoms with van der Waals surface area (Å²) in [6, 6.07) is 7.81. The predicted molar refractivity (Wildman–Crippen MR) is 69.3 cm³/mol. The summed E-state index contributed by atoms with van der Waals surface area (Å²) in [6.07, 6.45) is 1.58. The van der Waals surface area contributed by atoms with E-state index in [1.54, 1.807) is 10.9 Å². The summed E-state index contributed by atoms with van der Waals surface area (Å²) in [4.78, 5) is 11.2. The molecule has 4 nitrogen and oxygen atoms in total. The molecule has 18 heavy (non-hydrogen) atoms. The minimum atomic E-state index is -0.933. The number of nitrogens with zero attached hydrogens (tertiary/aromatic N) is 2. The summed E-state index contributed by atoms with van der Waals surface area (Å²) in [5.74, 6) is -0.847. The van der Waals surface area contributed by atoms with Crippen molar-refractivity contribution in [1.82, 2.24) is 9.78 Å². The van der Waals surface area contributed by atoms with E-state index < -0.39 is 5.97 Å². The molecule has 0 aliphatic heterocycles. The second-order valence-corrected chi connectivity index (χ2v) is 4.67. The highest BCUT2D eigenvalue weighted by Gasteiger charge is 2.18. The van der Waals surface area contributed by atoms with Crippen molar-refractivity contribution in [1.29, 1.82) is 0 Å². The van der Waals surface area contributed by atoms with E-state index in [0.29, 0.717) is 5.69 Å². The summed E-state index contributed by atoms with van der Waals surface area (Å²) < 4.78 is 1.63. The maximum atomic E-state index is 11.2. The molecule has 4 heteroatoms. The van der Waals surface area contributed by atoms with E-state index >= 15 is 0 Å². The molecule has 0 aliphatic carbocycles. The van der Waals surface area contributed by atoms with Gasteiger partial charge in [-0.25, -0.2) is 9.48 Å². The zero-order valence-electron chi connectivity index (χ0n) is 10.7. The largest absolute Gasteiger partial charge is 0.478 e. The number of carboxylic acids is 1. The second kappa shape index (κ2) is 4.64. The van der Waals surface area contributed by atoms with Crippen molar-refractivity contribution in [3.8, 4) is 5.69 Å². The molecule has 1 heterocycles. The van der Waals surface area contributed by atoms with Crippen molar-refractivity contribution in [3.05, 3.63) is 47.3 Å². The van der Waals surface area contributed by atoms with Gasteiger partial charge in [-0.2, -0.15) is 5.10 Å². The van der Waals surface area contributed by atoms with Crippen LogP contribution in [-0.4, -0.2) is 20.9 Å². The molecule has 1 aromatic heterocycles. The van der Waals surface area contributed by atoms with E-state index in [4.69, 9.17) is 0 Å². The van der Waals surface area contributed by atoms with Crippen molar-refractivity contribution < 1.29 is 9.90 Å². The number of benzene rings is 1. The average Bonchev–Trinajstić information content (AvgIpc) is 2.73. The lowest BCUT2D eigenvalue weighted by Gasteiger charge is -2.03. The number of carbonyl (C=O) groups is 1. The molecule has 0 spiro atoms.